The number of hydrogen-bond donors (Lipinski definition) is 0. The number of aromatic nitrogens is 4. The van der Waals surface area contributed by atoms with Crippen LogP contribution in [0.1, 0.15) is 45.6 Å². The Morgan fingerprint density at radius 2 is 2.00 bits per heavy atom. The highest BCUT2D eigenvalue weighted by molar-refractivity contribution is 7.99. The molecule has 1 saturated carbocycles. The number of rotatable bonds is 6. The van der Waals surface area contributed by atoms with Gasteiger partial charge in [-0.3, -0.25) is 4.79 Å². The number of hydrogen-bond acceptors (Lipinski definition) is 5. The lowest BCUT2D eigenvalue weighted by Crippen LogP contribution is -2.38. The molecule has 0 aliphatic heterocycles. The van der Waals surface area contributed by atoms with Crippen LogP contribution in [-0.4, -0.2) is 37.9 Å². The van der Waals surface area contributed by atoms with E-state index in [2.05, 4.69) is 15.5 Å². The van der Waals surface area contributed by atoms with Crippen molar-refractivity contribution in [3.8, 4) is 0 Å². The van der Waals surface area contributed by atoms with Gasteiger partial charge in [-0.2, -0.15) is 0 Å². The molecule has 2 aromatic rings. The minimum Gasteiger partial charge on any atom is -0.309 e. The molecular formula is C17H23N5OS. The van der Waals surface area contributed by atoms with E-state index in [4.69, 9.17) is 0 Å². The van der Waals surface area contributed by atoms with Gasteiger partial charge in [0.05, 0.1) is 11.8 Å². The zero-order valence-corrected chi connectivity index (χ0v) is 14.9. The van der Waals surface area contributed by atoms with Crippen molar-refractivity contribution in [1.82, 2.24) is 20.2 Å². The fourth-order valence-corrected chi connectivity index (χ4v) is 3.98. The van der Waals surface area contributed by atoms with E-state index in [1.165, 1.54) is 24.6 Å². The summed E-state index contributed by atoms with van der Waals surface area (Å²) in [5, 5.41) is 12.8. The van der Waals surface area contributed by atoms with Crippen LogP contribution in [0.25, 0.3) is 0 Å². The number of para-hydroxylation sites is 1. The first kappa shape index (κ1) is 17.0. The molecule has 0 N–H and O–H groups in total. The monoisotopic (exact) mass is 345 g/mol. The van der Waals surface area contributed by atoms with Gasteiger partial charge < -0.3 is 4.90 Å². The van der Waals surface area contributed by atoms with E-state index >= 15 is 0 Å². The molecule has 7 heteroatoms. The molecule has 6 nitrogen and oxygen atoms in total. The quantitative estimate of drug-likeness (QED) is 0.752. The Bertz CT molecular complexity index is 667. The van der Waals surface area contributed by atoms with Crippen molar-refractivity contribution >= 4 is 23.4 Å². The van der Waals surface area contributed by atoms with Crippen LogP contribution in [0.2, 0.25) is 0 Å². The van der Waals surface area contributed by atoms with Crippen molar-refractivity contribution in [2.24, 2.45) is 0 Å². The highest BCUT2D eigenvalue weighted by atomic mass is 32.2. The normalized spacial score (nSPS) is 15.1. The van der Waals surface area contributed by atoms with E-state index < -0.39 is 0 Å². The van der Waals surface area contributed by atoms with E-state index in [9.17, 15) is 4.79 Å². The average Bonchev–Trinajstić information content (AvgIpc) is 3.25. The van der Waals surface area contributed by atoms with Crippen LogP contribution >= 0.6 is 11.8 Å². The molecule has 0 unspecified atom stereocenters. The number of nitrogens with zero attached hydrogens (tertiary/aromatic N) is 5. The van der Waals surface area contributed by atoms with Gasteiger partial charge in [0, 0.05) is 11.7 Å². The van der Waals surface area contributed by atoms with Crippen LogP contribution in [0.15, 0.2) is 35.5 Å². The molecule has 128 valence electrons. The minimum atomic E-state index is 0.0715. The highest BCUT2D eigenvalue weighted by Crippen LogP contribution is 2.31. The van der Waals surface area contributed by atoms with Gasteiger partial charge in [-0.05, 0) is 49.2 Å². The van der Waals surface area contributed by atoms with Crippen molar-refractivity contribution in [3.05, 3.63) is 30.3 Å². The Labute approximate surface area is 146 Å². The predicted octanol–water partition coefficient (Wildman–Crippen LogP) is 3.32. The van der Waals surface area contributed by atoms with Crippen LogP contribution in [0.4, 0.5) is 5.69 Å². The molecule has 1 aromatic heterocycles. The fraction of sp³-hybridized carbons (Fsp3) is 0.529. The molecule has 0 radical (unpaired) electrons. The first-order valence-corrected chi connectivity index (χ1v) is 9.43. The van der Waals surface area contributed by atoms with Gasteiger partial charge in [0.1, 0.15) is 0 Å². The summed E-state index contributed by atoms with van der Waals surface area (Å²) in [6, 6.07) is 10.3. The van der Waals surface area contributed by atoms with Crippen molar-refractivity contribution in [2.45, 2.75) is 56.8 Å². The van der Waals surface area contributed by atoms with Gasteiger partial charge >= 0.3 is 0 Å². The first-order valence-electron chi connectivity index (χ1n) is 8.44. The average molecular weight is 345 g/mol. The van der Waals surface area contributed by atoms with Crippen molar-refractivity contribution in [2.75, 3.05) is 10.7 Å². The van der Waals surface area contributed by atoms with Gasteiger partial charge in [-0.1, -0.05) is 42.8 Å². The molecule has 0 spiro atoms. The van der Waals surface area contributed by atoms with E-state index in [1.807, 2.05) is 53.8 Å². The molecule has 24 heavy (non-hydrogen) atoms. The maximum absolute atomic E-state index is 12.7. The van der Waals surface area contributed by atoms with Crippen LogP contribution < -0.4 is 4.90 Å². The molecule has 0 saturated heterocycles. The van der Waals surface area contributed by atoms with Crippen LogP contribution in [0.5, 0.6) is 0 Å². The molecule has 1 aliphatic carbocycles. The topological polar surface area (TPSA) is 63.9 Å². The lowest BCUT2D eigenvalue weighted by atomic mass is 10.2. The van der Waals surface area contributed by atoms with E-state index in [-0.39, 0.29) is 11.9 Å². The second-order valence-corrected chi connectivity index (χ2v) is 7.27. The molecule has 3 rings (SSSR count). The molecule has 1 heterocycles. The van der Waals surface area contributed by atoms with Gasteiger partial charge in [-0.15, -0.1) is 5.10 Å². The van der Waals surface area contributed by atoms with Crippen LogP contribution in [-0.2, 0) is 4.79 Å². The number of thioether (sulfide) groups is 1. The third kappa shape index (κ3) is 3.77. The lowest BCUT2D eigenvalue weighted by molar-refractivity contribution is -0.116. The summed E-state index contributed by atoms with van der Waals surface area (Å²) in [5.41, 5.74) is 0.925. The standard InChI is InChI=1S/C17H23N5OS/c1-13(2)21(14-8-4-3-5-9-14)16(23)12-24-17-18-19-20-22(17)15-10-6-7-11-15/h3-5,8-9,13,15H,6-7,10-12H2,1-2H3. The maximum Gasteiger partial charge on any atom is 0.237 e. The zero-order chi connectivity index (χ0) is 16.9. The number of amides is 1. The predicted molar refractivity (Wildman–Crippen MR) is 95.1 cm³/mol. The first-order chi connectivity index (χ1) is 11.7. The summed E-state index contributed by atoms with van der Waals surface area (Å²) < 4.78 is 1.90. The number of anilines is 1. The second kappa shape index (κ2) is 7.79. The van der Waals surface area contributed by atoms with Crippen molar-refractivity contribution in [3.63, 3.8) is 0 Å². The molecule has 1 fully saturated rings. The summed E-state index contributed by atoms with van der Waals surface area (Å²) in [7, 11) is 0. The zero-order valence-electron chi connectivity index (χ0n) is 14.1. The highest BCUT2D eigenvalue weighted by Gasteiger charge is 2.24. The third-order valence-corrected chi connectivity index (χ3v) is 5.20. The Morgan fingerprint density at radius 1 is 1.29 bits per heavy atom. The van der Waals surface area contributed by atoms with Gasteiger partial charge in [-0.25, -0.2) is 4.68 Å². The summed E-state index contributed by atoms with van der Waals surface area (Å²) in [6.07, 6.45) is 4.69. The Balaban J connectivity index is 1.67. The smallest absolute Gasteiger partial charge is 0.237 e. The van der Waals surface area contributed by atoms with E-state index in [0.717, 1.165) is 23.7 Å². The SMILES string of the molecule is CC(C)N(C(=O)CSc1nnnn1C1CCCC1)c1ccccc1. The summed E-state index contributed by atoms with van der Waals surface area (Å²) >= 11 is 1.42. The lowest BCUT2D eigenvalue weighted by Gasteiger charge is -2.26. The minimum absolute atomic E-state index is 0.0715. The Morgan fingerprint density at radius 3 is 2.67 bits per heavy atom. The Kier molecular flexibility index (Phi) is 5.50. The third-order valence-electron chi connectivity index (χ3n) is 4.28. The number of carbonyl (C=O) groups excluding carboxylic acids is 1. The van der Waals surface area contributed by atoms with Gasteiger partial charge in [0.15, 0.2) is 0 Å². The number of tetrazole rings is 1. The van der Waals surface area contributed by atoms with Crippen molar-refractivity contribution < 1.29 is 4.79 Å². The van der Waals surface area contributed by atoms with Crippen molar-refractivity contribution in [1.29, 1.82) is 0 Å². The Hall–Kier alpha value is -1.89. The second-order valence-electron chi connectivity index (χ2n) is 6.33. The van der Waals surface area contributed by atoms with E-state index in [0.29, 0.717) is 11.8 Å². The van der Waals surface area contributed by atoms with Gasteiger partial charge in [0.25, 0.3) is 0 Å². The molecule has 0 bridgehead atoms. The maximum atomic E-state index is 12.7. The molecule has 1 aliphatic rings. The van der Waals surface area contributed by atoms with Gasteiger partial charge in [0.2, 0.25) is 11.1 Å². The molecular weight excluding hydrogens is 322 g/mol. The molecule has 1 aromatic carbocycles. The summed E-state index contributed by atoms with van der Waals surface area (Å²) in [5.74, 6) is 0.405. The molecule has 1 amide bonds. The number of carbonyl (C=O) groups is 1. The largest absolute Gasteiger partial charge is 0.309 e. The van der Waals surface area contributed by atoms with E-state index in [1.54, 1.807) is 0 Å². The van der Waals surface area contributed by atoms with Crippen LogP contribution in [0.3, 0.4) is 0 Å². The van der Waals surface area contributed by atoms with Crippen LogP contribution in [0, 0.1) is 0 Å². The molecule has 0 atom stereocenters. The fourth-order valence-electron chi connectivity index (χ4n) is 3.17. The number of benzene rings is 1. The summed E-state index contributed by atoms with van der Waals surface area (Å²) in [4.78, 5) is 14.6. The summed E-state index contributed by atoms with van der Waals surface area (Å²) in [6.45, 7) is 4.05.